The van der Waals surface area contributed by atoms with E-state index < -0.39 is 6.17 Å². The van der Waals surface area contributed by atoms with Gasteiger partial charge in [-0.15, -0.1) is 0 Å². The van der Waals surface area contributed by atoms with E-state index >= 15 is 0 Å². The average molecular weight is 337 g/mol. The van der Waals surface area contributed by atoms with E-state index in [1.165, 1.54) is 6.33 Å². The molecule has 132 valence electrons. The van der Waals surface area contributed by atoms with Crippen molar-refractivity contribution in [2.45, 2.75) is 44.1 Å². The molecule has 2 N–H and O–H groups in total. The quantitative estimate of drug-likeness (QED) is 0.805. The molecule has 2 aliphatic heterocycles. The van der Waals surface area contributed by atoms with Crippen molar-refractivity contribution in [1.29, 1.82) is 0 Å². The fraction of sp³-hybridized carbons (Fsp3) is 0.688. The molecule has 0 aromatic carbocycles. The molecule has 1 aromatic rings. The van der Waals surface area contributed by atoms with Crippen LogP contribution in [-0.4, -0.2) is 65.5 Å². The van der Waals surface area contributed by atoms with Crippen molar-refractivity contribution in [3.8, 4) is 0 Å². The van der Waals surface area contributed by atoms with E-state index in [2.05, 4.69) is 20.6 Å². The Kier molecular flexibility index (Phi) is 5.92. The number of carbonyl (C=O) groups is 1. The molecule has 0 unspecified atom stereocenters. The Morgan fingerprint density at radius 2 is 2.12 bits per heavy atom. The minimum absolute atomic E-state index is 0.0197. The van der Waals surface area contributed by atoms with Gasteiger partial charge in [-0.3, -0.25) is 4.90 Å². The summed E-state index contributed by atoms with van der Waals surface area (Å²) in [6.45, 7) is 2.68. The van der Waals surface area contributed by atoms with Crippen LogP contribution in [0, 0.1) is 0 Å². The Balaban J connectivity index is 1.43. The van der Waals surface area contributed by atoms with Crippen molar-refractivity contribution in [3.63, 3.8) is 0 Å². The van der Waals surface area contributed by atoms with Gasteiger partial charge in [0.2, 0.25) is 0 Å². The van der Waals surface area contributed by atoms with Crippen molar-refractivity contribution < 1.29 is 13.9 Å². The monoisotopic (exact) mass is 337 g/mol. The van der Waals surface area contributed by atoms with Gasteiger partial charge in [0, 0.05) is 56.8 Å². The van der Waals surface area contributed by atoms with Crippen LogP contribution in [0.2, 0.25) is 0 Å². The first-order chi connectivity index (χ1) is 11.7. The van der Waals surface area contributed by atoms with Gasteiger partial charge in [-0.1, -0.05) is 0 Å². The first kappa shape index (κ1) is 17.0. The van der Waals surface area contributed by atoms with E-state index in [9.17, 15) is 9.18 Å². The van der Waals surface area contributed by atoms with E-state index in [4.69, 9.17) is 4.74 Å². The number of nitrogens with one attached hydrogen (secondary N) is 2. The number of halogens is 1. The number of likely N-dealkylation sites (tertiary alicyclic amines) is 1. The molecule has 8 heteroatoms. The lowest BCUT2D eigenvalue weighted by Crippen LogP contribution is -2.45. The zero-order valence-corrected chi connectivity index (χ0v) is 13.7. The highest BCUT2D eigenvalue weighted by atomic mass is 19.1. The van der Waals surface area contributed by atoms with Gasteiger partial charge in [-0.25, -0.2) is 19.2 Å². The minimum Gasteiger partial charge on any atom is -0.376 e. The second-order valence-electron chi connectivity index (χ2n) is 6.39. The number of amides is 2. The average Bonchev–Trinajstić information content (AvgIpc) is 3.22. The van der Waals surface area contributed by atoms with Crippen molar-refractivity contribution in [1.82, 2.24) is 25.5 Å². The predicted molar refractivity (Wildman–Crippen MR) is 86.1 cm³/mol. The molecule has 0 aliphatic carbocycles. The lowest BCUT2D eigenvalue weighted by molar-refractivity contribution is 0.111. The van der Waals surface area contributed by atoms with E-state index in [0.29, 0.717) is 32.6 Å². The SMILES string of the molecule is O=C(NC[C@H]1CCCO1)NC[C@@H]1C[C@H](F)CN1Cc1cncnc1. The van der Waals surface area contributed by atoms with Crippen molar-refractivity contribution >= 4 is 6.03 Å². The molecule has 24 heavy (non-hydrogen) atoms. The molecule has 1 aromatic heterocycles. The highest BCUT2D eigenvalue weighted by molar-refractivity contribution is 5.73. The summed E-state index contributed by atoms with van der Waals surface area (Å²) in [6.07, 6.45) is 6.66. The zero-order valence-electron chi connectivity index (χ0n) is 13.7. The van der Waals surface area contributed by atoms with Crippen LogP contribution in [0.4, 0.5) is 9.18 Å². The van der Waals surface area contributed by atoms with Gasteiger partial charge in [-0.05, 0) is 19.3 Å². The number of alkyl halides is 1. The molecular weight excluding hydrogens is 313 g/mol. The van der Waals surface area contributed by atoms with E-state index in [-0.39, 0.29) is 18.2 Å². The van der Waals surface area contributed by atoms with E-state index in [0.717, 1.165) is 25.0 Å². The molecule has 0 bridgehead atoms. The third-order valence-corrected chi connectivity index (χ3v) is 4.49. The maximum atomic E-state index is 13.8. The van der Waals surface area contributed by atoms with Gasteiger partial charge >= 0.3 is 6.03 Å². The topological polar surface area (TPSA) is 79.4 Å². The lowest BCUT2D eigenvalue weighted by atomic mass is 10.2. The molecule has 3 rings (SSSR count). The van der Waals surface area contributed by atoms with Gasteiger partial charge in [-0.2, -0.15) is 0 Å². The van der Waals surface area contributed by atoms with Gasteiger partial charge in [0.05, 0.1) is 6.10 Å². The number of hydrogen-bond acceptors (Lipinski definition) is 5. The zero-order chi connectivity index (χ0) is 16.8. The highest BCUT2D eigenvalue weighted by Crippen LogP contribution is 2.22. The third kappa shape index (κ3) is 4.85. The van der Waals surface area contributed by atoms with Gasteiger partial charge in [0.15, 0.2) is 0 Å². The number of urea groups is 1. The lowest BCUT2D eigenvalue weighted by Gasteiger charge is -2.24. The fourth-order valence-corrected chi connectivity index (χ4v) is 3.26. The van der Waals surface area contributed by atoms with Crippen LogP contribution in [0.15, 0.2) is 18.7 Å². The fourth-order valence-electron chi connectivity index (χ4n) is 3.26. The molecule has 3 atom stereocenters. The summed E-state index contributed by atoms with van der Waals surface area (Å²) in [7, 11) is 0. The number of hydrogen-bond donors (Lipinski definition) is 2. The number of aromatic nitrogens is 2. The van der Waals surface area contributed by atoms with Crippen molar-refractivity contribution in [3.05, 3.63) is 24.3 Å². The summed E-state index contributed by atoms with van der Waals surface area (Å²) in [6, 6.07) is -0.246. The van der Waals surface area contributed by atoms with Crippen LogP contribution in [0.1, 0.15) is 24.8 Å². The number of carbonyl (C=O) groups excluding carboxylic acids is 1. The van der Waals surface area contributed by atoms with Crippen LogP contribution in [0.5, 0.6) is 0 Å². The summed E-state index contributed by atoms with van der Waals surface area (Å²) in [4.78, 5) is 21.9. The Bertz CT molecular complexity index is 526. The molecule has 7 nitrogen and oxygen atoms in total. The van der Waals surface area contributed by atoms with Crippen LogP contribution < -0.4 is 10.6 Å². The van der Waals surface area contributed by atoms with Crippen molar-refractivity contribution in [2.24, 2.45) is 0 Å². The molecule has 0 saturated carbocycles. The van der Waals surface area contributed by atoms with Gasteiger partial charge in [0.25, 0.3) is 0 Å². The maximum Gasteiger partial charge on any atom is 0.314 e. The first-order valence-corrected chi connectivity index (χ1v) is 8.46. The molecular formula is C16H24FN5O2. The standard InChI is InChI=1S/C16H24FN5O2/c17-13-4-14(22(10-13)9-12-5-18-11-19-6-12)7-20-16(23)21-8-15-2-1-3-24-15/h5-6,11,13-15H,1-4,7-10H2,(H2,20,21,23)/t13-,14-,15+/m0/s1. The second-order valence-corrected chi connectivity index (χ2v) is 6.39. The Hall–Kier alpha value is -1.80. The molecule has 2 saturated heterocycles. The molecule has 2 aliphatic rings. The summed E-state index contributed by atoms with van der Waals surface area (Å²) in [5, 5.41) is 5.66. The van der Waals surface area contributed by atoms with Gasteiger partial charge < -0.3 is 15.4 Å². The maximum absolute atomic E-state index is 13.8. The molecule has 0 radical (unpaired) electrons. The van der Waals surface area contributed by atoms with E-state index in [1.807, 2.05) is 4.90 Å². The Morgan fingerprint density at radius 1 is 1.33 bits per heavy atom. The molecule has 2 amide bonds. The molecule has 0 spiro atoms. The Morgan fingerprint density at radius 3 is 2.88 bits per heavy atom. The number of nitrogens with zero attached hydrogens (tertiary/aromatic N) is 3. The molecule has 3 heterocycles. The van der Waals surface area contributed by atoms with Crippen LogP contribution in [0.25, 0.3) is 0 Å². The molecule has 2 fully saturated rings. The van der Waals surface area contributed by atoms with Crippen LogP contribution >= 0.6 is 0 Å². The Labute approximate surface area is 141 Å². The second kappa shape index (κ2) is 8.34. The van der Waals surface area contributed by atoms with E-state index in [1.54, 1.807) is 12.4 Å². The first-order valence-electron chi connectivity index (χ1n) is 8.46. The highest BCUT2D eigenvalue weighted by Gasteiger charge is 2.32. The normalized spacial score (nSPS) is 27.3. The van der Waals surface area contributed by atoms with Crippen LogP contribution in [0.3, 0.4) is 0 Å². The summed E-state index contributed by atoms with van der Waals surface area (Å²) >= 11 is 0. The summed E-state index contributed by atoms with van der Waals surface area (Å²) in [5.74, 6) is 0. The van der Waals surface area contributed by atoms with Gasteiger partial charge in [0.1, 0.15) is 12.5 Å². The minimum atomic E-state index is -0.864. The number of rotatable bonds is 6. The summed E-state index contributed by atoms with van der Waals surface area (Å²) < 4.78 is 19.3. The smallest absolute Gasteiger partial charge is 0.314 e. The predicted octanol–water partition coefficient (Wildman–Crippen LogP) is 0.867. The third-order valence-electron chi connectivity index (χ3n) is 4.49. The van der Waals surface area contributed by atoms with Crippen molar-refractivity contribution in [2.75, 3.05) is 26.2 Å². The van der Waals surface area contributed by atoms with Crippen LogP contribution in [-0.2, 0) is 11.3 Å². The largest absolute Gasteiger partial charge is 0.376 e. The number of ether oxygens (including phenoxy) is 1. The summed E-state index contributed by atoms with van der Waals surface area (Å²) in [5.41, 5.74) is 0.944.